The fourth-order valence-electron chi connectivity index (χ4n) is 4.55. The van der Waals surface area contributed by atoms with Crippen molar-refractivity contribution in [3.8, 4) is 5.75 Å². The van der Waals surface area contributed by atoms with Crippen LogP contribution in [0.15, 0.2) is 116 Å². The van der Waals surface area contributed by atoms with Crippen LogP contribution in [-0.4, -0.2) is 12.5 Å². The molecule has 0 aromatic heterocycles. The highest BCUT2D eigenvalue weighted by Crippen LogP contribution is 2.42. The van der Waals surface area contributed by atoms with Crippen molar-refractivity contribution in [1.82, 2.24) is 0 Å². The summed E-state index contributed by atoms with van der Waals surface area (Å²) in [6.45, 7) is 6.88. The van der Waals surface area contributed by atoms with Gasteiger partial charge in [-0.05, 0) is 54.4 Å². The smallest absolute Gasteiger partial charge is 0.262 e. The Balaban J connectivity index is 1.66. The van der Waals surface area contributed by atoms with Gasteiger partial charge in [0.1, 0.15) is 18.5 Å². The predicted molar refractivity (Wildman–Crippen MR) is 142 cm³/mol. The fraction of sp³-hybridized carbons (Fsp3) is 0.129. The summed E-state index contributed by atoms with van der Waals surface area (Å²) >= 11 is 0. The molecule has 0 aliphatic carbocycles. The summed E-state index contributed by atoms with van der Waals surface area (Å²) in [6.07, 6.45) is 1.40. The van der Waals surface area contributed by atoms with Gasteiger partial charge >= 0.3 is 0 Å². The Hall–Kier alpha value is -4.31. The molecule has 1 unspecified atom stereocenters. The Morgan fingerprint density at radius 1 is 0.857 bits per heavy atom. The zero-order chi connectivity index (χ0) is 24.2. The third kappa shape index (κ3) is 4.56. The van der Waals surface area contributed by atoms with E-state index < -0.39 is 0 Å². The Bertz CT molecular complexity index is 1310. The molecule has 174 valence electrons. The molecular formula is C31H28N2O2. The number of carbonyl (C=O) groups is 1. The molecule has 1 atom stereocenters. The van der Waals surface area contributed by atoms with Crippen molar-refractivity contribution >= 4 is 17.3 Å². The number of carbonyl (C=O) groups excluding carboxylic acids is 1. The van der Waals surface area contributed by atoms with Crippen LogP contribution in [0, 0.1) is 6.92 Å². The van der Waals surface area contributed by atoms with Gasteiger partial charge in [-0.3, -0.25) is 9.69 Å². The molecule has 0 spiro atoms. The number of ether oxygens (including phenoxy) is 1. The third-order valence-electron chi connectivity index (χ3n) is 6.26. The van der Waals surface area contributed by atoms with Gasteiger partial charge in [0.05, 0.1) is 11.3 Å². The molecule has 4 aromatic rings. The molecule has 1 aliphatic heterocycles. The molecule has 4 nitrogen and oxygen atoms in total. The monoisotopic (exact) mass is 460 g/mol. The van der Waals surface area contributed by atoms with Gasteiger partial charge in [-0.2, -0.15) is 0 Å². The van der Waals surface area contributed by atoms with Gasteiger partial charge in [-0.25, -0.2) is 0 Å². The first-order chi connectivity index (χ1) is 17.2. The Morgan fingerprint density at radius 3 is 2.26 bits per heavy atom. The van der Waals surface area contributed by atoms with E-state index in [0.717, 1.165) is 28.3 Å². The fourth-order valence-corrected chi connectivity index (χ4v) is 4.55. The lowest BCUT2D eigenvalue weighted by atomic mass is 9.99. The van der Waals surface area contributed by atoms with Crippen LogP contribution in [0.4, 0.5) is 11.4 Å². The molecule has 4 aromatic carbocycles. The van der Waals surface area contributed by atoms with Crippen LogP contribution < -0.4 is 14.5 Å². The second-order valence-electron chi connectivity index (χ2n) is 8.68. The maximum absolute atomic E-state index is 14.0. The zero-order valence-electron chi connectivity index (χ0n) is 19.8. The standard InChI is InChI=1S/C31H28N2O2/c1-3-21-35-27-19-15-25(16-20-27)30-32(22-24-9-5-4-6-10-24)29-12-8-7-11-28(29)31(34)33(30)26-17-13-23(2)14-18-26/h3-20,30H,1,21-22H2,2H3. The van der Waals surface area contributed by atoms with E-state index >= 15 is 0 Å². The number of anilines is 2. The van der Waals surface area contributed by atoms with Gasteiger partial charge in [0.2, 0.25) is 0 Å². The molecule has 0 saturated carbocycles. The topological polar surface area (TPSA) is 32.8 Å². The van der Waals surface area contributed by atoms with Crippen molar-refractivity contribution in [2.24, 2.45) is 0 Å². The molecule has 0 bridgehead atoms. The number of amides is 1. The lowest BCUT2D eigenvalue weighted by molar-refractivity contribution is 0.0968. The highest BCUT2D eigenvalue weighted by molar-refractivity contribution is 6.12. The average Bonchev–Trinajstić information content (AvgIpc) is 2.90. The van der Waals surface area contributed by atoms with Gasteiger partial charge < -0.3 is 9.64 Å². The summed E-state index contributed by atoms with van der Waals surface area (Å²) in [5, 5.41) is 0. The Labute approximate surface area is 206 Å². The Kier molecular flexibility index (Phi) is 6.36. The van der Waals surface area contributed by atoms with Gasteiger partial charge in [-0.1, -0.05) is 84.9 Å². The highest BCUT2D eigenvalue weighted by Gasteiger charge is 2.39. The first-order valence-corrected chi connectivity index (χ1v) is 11.8. The van der Waals surface area contributed by atoms with Crippen LogP contribution in [0.25, 0.3) is 0 Å². The van der Waals surface area contributed by atoms with Crippen LogP contribution >= 0.6 is 0 Å². The molecule has 0 N–H and O–H groups in total. The summed E-state index contributed by atoms with van der Waals surface area (Å²) < 4.78 is 5.71. The lowest BCUT2D eigenvalue weighted by Crippen LogP contribution is -2.49. The zero-order valence-corrected chi connectivity index (χ0v) is 19.8. The van der Waals surface area contributed by atoms with E-state index in [1.54, 1.807) is 6.08 Å². The van der Waals surface area contributed by atoms with Crippen molar-refractivity contribution in [1.29, 1.82) is 0 Å². The van der Waals surface area contributed by atoms with E-state index in [1.165, 1.54) is 5.56 Å². The van der Waals surface area contributed by atoms with Crippen LogP contribution in [0.3, 0.4) is 0 Å². The molecule has 1 heterocycles. The summed E-state index contributed by atoms with van der Waals surface area (Å²) in [5.41, 5.74) is 5.84. The number of aryl methyl sites for hydroxylation is 1. The largest absolute Gasteiger partial charge is 0.490 e. The predicted octanol–water partition coefficient (Wildman–Crippen LogP) is 6.93. The van der Waals surface area contributed by atoms with Gasteiger partial charge in [0.15, 0.2) is 0 Å². The first-order valence-electron chi connectivity index (χ1n) is 11.8. The number of fused-ring (bicyclic) bond motifs is 1. The van der Waals surface area contributed by atoms with Gasteiger partial charge in [-0.15, -0.1) is 0 Å². The number of hydrogen-bond acceptors (Lipinski definition) is 3. The molecule has 35 heavy (non-hydrogen) atoms. The van der Waals surface area contributed by atoms with E-state index in [0.29, 0.717) is 18.7 Å². The van der Waals surface area contributed by atoms with E-state index in [2.05, 4.69) is 42.7 Å². The number of hydrogen-bond donors (Lipinski definition) is 0. The van der Waals surface area contributed by atoms with Crippen molar-refractivity contribution in [3.05, 3.63) is 138 Å². The molecular weight excluding hydrogens is 432 g/mol. The van der Waals surface area contributed by atoms with E-state index in [1.807, 2.05) is 83.8 Å². The summed E-state index contributed by atoms with van der Waals surface area (Å²) in [4.78, 5) is 18.2. The third-order valence-corrected chi connectivity index (χ3v) is 6.26. The number of para-hydroxylation sites is 1. The Morgan fingerprint density at radius 2 is 1.54 bits per heavy atom. The van der Waals surface area contributed by atoms with E-state index in [-0.39, 0.29) is 12.1 Å². The SMILES string of the molecule is C=CCOc1ccc(C2N(Cc3ccccc3)c3ccccc3C(=O)N2c2ccc(C)cc2)cc1. The van der Waals surface area contributed by atoms with Gasteiger partial charge in [0, 0.05) is 12.2 Å². The quantitative estimate of drug-likeness (QED) is 0.281. The molecule has 0 radical (unpaired) electrons. The highest BCUT2D eigenvalue weighted by atomic mass is 16.5. The minimum Gasteiger partial charge on any atom is -0.490 e. The molecule has 1 aliphatic rings. The average molecular weight is 461 g/mol. The first kappa shape index (κ1) is 22.5. The maximum Gasteiger partial charge on any atom is 0.262 e. The lowest BCUT2D eigenvalue weighted by Gasteiger charge is -2.46. The second kappa shape index (κ2) is 9.90. The summed E-state index contributed by atoms with van der Waals surface area (Å²) in [7, 11) is 0. The van der Waals surface area contributed by atoms with Crippen molar-refractivity contribution in [3.63, 3.8) is 0 Å². The minimum absolute atomic E-state index is 0.00857. The molecule has 0 fully saturated rings. The van der Waals surface area contributed by atoms with Crippen molar-refractivity contribution in [2.45, 2.75) is 19.6 Å². The van der Waals surface area contributed by atoms with Crippen LogP contribution in [-0.2, 0) is 6.54 Å². The van der Waals surface area contributed by atoms with Crippen molar-refractivity contribution in [2.75, 3.05) is 16.4 Å². The summed E-state index contributed by atoms with van der Waals surface area (Å²) in [6, 6.07) is 34.4. The van der Waals surface area contributed by atoms with E-state index in [4.69, 9.17) is 4.74 Å². The van der Waals surface area contributed by atoms with Gasteiger partial charge in [0.25, 0.3) is 5.91 Å². The molecule has 4 heteroatoms. The van der Waals surface area contributed by atoms with Crippen LogP contribution in [0.2, 0.25) is 0 Å². The van der Waals surface area contributed by atoms with Crippen LogP contribution in [0.1, 0.15) is 33.2 Å². The molecule has 0 saturated heterocycles. The maximum atomic E-state index is 14.0. The van der Waals surface area contributed by atoms with Crippen molar-refractivity contribution < 1.29 is 9.53 Å². The second-order valence-corrected chi connectivity index (χ2v) is 8.68. The number of nitrogens with zero attached hydrogens (tertiary/aromatic N) is 2. The van der Waals surface area contributed by atoms with Crippen LogP contribution in [0.5, 0.6) is 5.75 Å². The normalized spacial score (nSPS) is 15.0. The molecule has 1 amide bonds. The number of benzene rings is 4. The minimum atomic E-state index is -0.325. The summed E-state index contributed by atoms with van der Waals surface area (Å²) in [5.74, 6) is 0.762. The number of rotatable bonds is 7. The van der Waals surface area contributed by atoms with E-state index in [9.17, 15) is 4.79 Å². The molecule has 5 rings (SSSR count).